The van der Waals surface area contributed by atoms with Crippen LogP contribution >= 0.6 is 11.3 Å². The third-order valence-corrected chi connectivity index (χ3v) is 6.33. The smallest absolute Gasteiger partial charge is 0.287 e. The number of hydrogen-bond acceptors (Lipinski definition) is 6. The number of nitrogens with one attached hydrogen (secondary N) is 2. The Morgan fingerprint density at radius 1 is 1.19 bits per heavy atom. The fourth-order valence-electron chi connectivity index (χ4n) is 3.78. The number of furan rings is 1. The van der Waals surface area contributed by atoms with Gasteiger partial charge in [-0.05, 0) is 55.8 Å². The fourth-order valence-corrected chi connectivity index (χ4v) is 4.49. The molecule has 2 N–H and O–H groups in total. The molecule has 2 amide bonds. The molecule has 1 aliphatic rings. The number of benzene rings is 1. The molecule has 32 heavy (non-hydrogen) atoms. The maximum Gasteiger partial charge on any atom is 0.287 e. The van der Waals surface area contributed by atoms with Gasteiger partial charge in [0.1, 0.15) is 11.5 Å². The van der Waals surface area contributed by atoms with Gasteiger partial charge in [-0.3, -0.25) is 9.59 Å². The Labute approximate surface area is 190 Å². The van der Waals surface area contributed by atoms with Gasteiger partial charge in [0.05, 0.1) is 12.8 Å². The van der Waals surface area contributed by atoms with Crippen LogP contribution in [-0.2, 0) is 12.8 Å². The second-order valence-corrected chi connectivity index (χ2v) is 8.56. The van der Waals surface area contributed by atoms with E-state index in [0.29, 0.717) is 30.0 Å². The summed E-state index contributed by atoms with van der Waals surface area (Å²) in [5.41, 5.74) is 5.39. The molecule has 0 bridgehead atoms. The Balaban J connectivity index is 1.47. The lowest BCUT2D eigenvalue weighted by Crippen LogP contribution is -2.26. The minimum atomic E-state index is -0.323. The molecular formula is C24H25N3O4S. The lowest BCUT2D eigenvalue weighted by Gasteiger charge is -2.13. The highest BCUT2D eigenvalue weighted by Crippen LogP contribution is 2.30. The van der Waals surface area contributed by atoms with Crippen molar-refractivity contribution in [3.8, 4) is 5.75 Å². The largest absolute Gasteiger partial charge is 0.497 e. The average molecular weight is 452 g/mol. The van der Waals surface area contributed by atoms with Crippen molar-refractivity contribution in [3.05, 3.63) is 74.9 Å². The zero-order chi connectivity index (χ0) is 22.5. The van der Waals surface area contributed by atoms with Crippen LogP contribution in [0.15, 0.2) is 51.3 Å². The topological polar surface area (TPSA) is 92.9 Å². The van der Waals surface area contributed by atoms with E-state index < -0.39 is 0 Å². The summed E-state index contributed by atoms with van der Waals surface area (Å²) in [6.45, 7) is 2.41. The van der Waals surface area contributed by atoms with Crippen molar-refractivity contribution in [2.24, 2.45) is 5.10 Å². The number of carbonyl (C=O) groups is 2. The summed E-state index contributed by atoms with van der Waals surface area (Å²) in [4.78, 5) is 26.5. The summed E-state index contributed by atoms with van der Waals surface area (Å²) in [5.74, 6) is 1.11. The third kappa shape index (κ3) is 4.75. The van der Waals surface area contributed by atoms with Crippen molar-refractivity contribution in [2.45, 2.75) is 32.6 Å². The van der Waals surface area contributed by atoms with E-state index in [9.17, 15) is 9.59 Å². The molecule has 0 spiro atoms. The summed E-state index contributed by atoms with van der Waals surface area (Å²) in [7, 11) is 1.55. The number of carbonyl (C=O) groups excluding carboxylic acids is 2. The number of rotatable bonds is 7. The number of hydrazone groups is 1. The first-order valence-electron chi connectivity index (χ1n) is 10.5. The number of ether oxygens (including phenoxy) is 1. The monoisotopic (exact) mass is 451 g/mol. The third-order valence-electron chi connectivity index (χ3n) is 5.39. The van der Waals surface area contributed by atoms with E-state index in [2.05, 4.69) is 21.9 Å². The number of hydrogen-bond donors (Lipinski definition) is 2. The number of methoxy groups -OCH3 is 1. The van der Waals surface area contributed by atoms with Crippen molar-refractivity contribution in [1.82, 2.24) is 10.7 Å². The van der Waals surface area contributed by atoms with Crippen LogP contribution in [0.2, 0.25) is 0 Å². The van der Waals surface area contributed by atoms with E-state index in [1.54, 1.807) is 42.7 Å². The van der Waals surface area contributed by atoms with Crippen molar-refractivity contribution >= 4 is 28.9 Å². The van der Waals surface area contributed by atoms with Crippen LogP contribution in [0.1, 0.15) is 55.5 Å². The Morgan fingerprint density at radius 3 is 2.84 bits per heavy atom. The molecule has 3 aromatic rings. The predicted molar refractivity (Wildman–Crippen MR) is 124 cm³/mol. The van der Waals surface area contributed by atoms with E-state index in [4.69, 9.17) is 9.15 Å². The van der Waals surface area contributed by atoms with Crippen LogP contribution in [0.5, 0.6) is 5.75 Å². The summed E-state index contributed by atoms with van der Waals surface area (Å²) >= 11 is 1.67. The van der Waals surface area contributed by atoms with E-state index >= 15 is 0 Å². The van der Waals surface area contributed by atoms with Crippen LogP contribution < -0.4 is 15.5 Å². The highest BCUT2D eigenvalue weighted by molar-refractivity contribution is 7.09. The number of nitrogens with zero attached hydrogens (tertiary/aromatic N) is 1. The molecule has 0 fully saturated rings. The molecule has 0 saturated heterocycles. The lowest BCUT2D eigenvalue weighted by atomic mass is 9.93. The molecular weight excluding hydrogens is 426 g/mol. The molecule has 4 rings (SSSR count). The first-order valence-corrected chi connectivity index (χ1v) is 11.4. The highest BCUT2D eigenvalue weighted by atomic mass is 32.1. The maximum absolute atomic E-state index is 12.7. The van der Waals surface area contributed by atoms with Gasteiger partial charge in [-0.1, -0.05) is 12.1 Å². The number of thiophene rings is 1. The Kier molecular flexibility index (Phi) is 6.70. The maximum atomic E-state index is 12.7. The summed E-state index contributed by atoms with van der Waals surface area (Å²) < 4.78 is 11.1. The van der Waals surface area contributed by atoms with Crippen LogP contribution in [0.25, 0.3) is 0 Å². The van der Waals surface area contributed by atoms with Crippen molar-refractivity contribution in [1.29, 1.82) is 0 Å². The number of aryl methyl sites for hydroxylation is 1. The first-order chi connectivity index (χ1) is 15.6. The molecule has 0 unspecified atom stereocenters. The van der Waals surface area contributed by atoms with Crippen molar-refractivity contribution in [3.63, 3.8) is 0 Å². The van der Waals surface area contributed by atoms with Crippen LogP contribution in [-0.4, -0.2) is 31.2 Å². The molecule has 8 heteroatoms. The van der Waals surface area contributed by atoms with Gasteiger partial charge in [0.25, 0.3) is 11.8 Å². The van der Waals surface area contributed by atoms with E-state index in [0.717, 1.165) is 41.9 Å². The van der Waals surface area contributed by atoms with Crippen LogP contribution in [0, 0.1) is 6.92 Å². The normalized spacial score (nSPS) is 14.1. The fraction of sp³-hybridized carbons (Fsp3) is 0.292. The average Bonchev–Trinajstić information content (AvgIpc) is 3.45. The van der Waals surface area contributed by atoms with E-state index in [1.807, 2.05) is 18.4 Å². The minimum Gasteiger partial charge on any atom is -0.497 e. The van der Waals surface area contributed by atoms with Gasteiger partial charge in [-0.2, -0.15) is 5.10 Å². The molecule has 166 valence electrons. The van der Waals surface area contributed by atoms with Gasteiger partial charge >= 0.3 is 0 Å². The minimum absolute atomic E-state index is 0.228. The second kappa shape index (κ2) is 9.82. The first kappa shape index (κ1) is 21.8. The quantitative estimate of drug-likeness (QED) is 0.529. The van der Waals surface area contributed by atoms with Crippen LogP contribution in [0.3, 0.4) is 0 Å². The van der Waals surface area contributed by atoms with Crippen molar-refractivity contribution in [2.75, 3.05) is 13.7 Å². The van der Waals surface area contributed by atoms with Gasteiger partial charge in [0, 0.05) is 34.5 Å². The predicted octanol–water partition coefficient (Wildman–Crippen LogP) is 4.10. The lowest BCUT2D eigenvalue weighted by molar-refractivity contribution is 0.0922. The summed E-state index contributed by atoms with van der Waals surface area (Å²) in [6, 6.07) is 10.9. The zero-order valence-corrected chi connectivity index (χ0v) is 18.9. The Morgan fingerprint density at radius 2 is 2.06 bits per heavy atom. The zero-order valence-electron chi connectivity index (χ0n) is 18.1. The molecule has 1 aromatic carbocycles. The Bertz CT molecular complexity index is 1150. The molecule has 0 saturated carbocycles. The van der Waals surface area contributed by atoms with Gasteiger partial charge in [-0.15, -0.1) is 11.3 Å². The molecule has 7 nitrogen and oxygen atoms in total. The standard InChI is InChI=1S/C24H25N3O4S/c1-15-21-19(26-27-23(28)16-6-3-7-17(14-16)30-2)9-4-10-20(21)31-22(15)24(29)25-12-11-18-8-5-13-32-18/h3,5-8,13-14H,4,9-12H2,1-2H3,(H,25,29)(H,27,28)/b26-19+. The molecule has 0 atom stereocenters. The van der Waals surface area contributed by atoms with Crippen LogP contribution in [0.4, 0.5) is 0 Å². The van der Waals surface area contributed by atoms with Gasteiger partial charge < -0.3 is 14.5 Å². The van der Waals surface area contributed by atoms with Gasteiger partial charge in [0.2, 0.25) is 0 Å². The molecule has 0 radical (unpaired) electrons. The Hall–Kier alpha value is -3.39. The van der Waals surface area contributed by atoms with Crippen molar-refractivity contribution < 1.29 is 18.7 Å². The molecule has 2 heterocycles. The molecule has 2 aromatic heterocycles. The summed E-state index contributed by atoms with van der Waals surface area (Å²) in [6.07, 6.45) is 3.06. The number of amides is 2. The SMILES string of the molecule is COc1cccc(C(=O)N/N=C2\CCCc3oc(C(=O)NCCc4cccs4)c(C)c32)c1. The second-order valence-electron chi connectivity index (χ2n) is 7.52. The molecule has 1 aliphatic carbocycles. The molecule has 0 aliphatic heterocycles. The van der Waals surface area contributed by atoms with Gasteiger partial charge in [0.15, 0.2) is 5.76 Å². The van der Waals surface area contributed by atoms with E-state index in [1.165, 1.54) is 4.88 Å². The summed E-state index contributed by atoms with van der Waals surface area (Å²) in [5, 5.41) is 9.33. The van der Waals surface area contributed by atoms with Gasteiger partial charge in [-0.25, -0.2) is 5.43 Å². The number of fused-ring (bicyclic) bond motifs is 1. The van der Waals surface area contributed by atoms with E-state index in [-0.39, 0.29) is 11.8 Å². The highest BCUT2D eigenvalue weighted by Gasteiger charge is 2.28.